The topological polar surface area (TPSA) is 93.3 Å². The van der Waals surface area contributed by atoms with E-state index in [4.69, 9.17) is 16.0 Å². The number of anilines is 1. The van der Waals surface area contributed by atoms with Crippen LogP contribution in [0, 0.1) is 5.82 Å². The Hall–Kier alpha value is -3.13. The van der Waals surface area contributed by atoms with Crippen molar-refractivity contribution in [2.75, 3.05) is 11.9 Å². The Balaban J connectivity index is 1.59. The van der Waals surface area contributed by atoms with Gasteiger partial charge in [-0.05, 0) is 36.4 Å². The van der Waals surface area contributed by atoms with E-state index in [1.165, 1.54) is 30.3 Å². The maximum absolute atomic E-state index is 12.8. The Bertz CT molecular complexity index is 1030. The van der Waals surface area contributed by atoms with Gasteiger partial charge in [-0.2, -0.15) is 0 Å². The number of carbonyl (C=O) groups excluding carboxylic acids is 2. The summed E-state index contributed by atoms with van der Waals surface area (Å²) in [5.41, 5.74) is 1.09. The number of amides is 2. The summed E-state index contributed by atoms with van der Waals surface area (Å²) in [4.78, 5) is 35.7. The number of aromatic nitrogens is 1. The zero-order valence-electron chi connectivity index (χ0n) is 13.3. The molecule has 0 unspecified atom stereocenters. The number of oxazole rings is 1. The summed E-state index contributed by atoms with van der Waals surface area (Å²) in [6.45, 7) is -0.607. The minimum Gasteiger partial charge on any atom is -0.408 e. The highest BCUT2D eigenvalue weighted by molar-refractivity contribution is 6.31. The van der Waals surface area contributed by atoms with Crippen LogP contribution in [-0.4, -0.2) is 22.9 Å². The number of rotatable bonds is 5. The van der Waals surface area contributed by atoms with Gasteiger partial charge in [-0.25, -0.2) is 9.18 Å². The third-order valence-corrected chi connectivity index (χ3v) is 3.74. The lowest BCUT2D eigenvalue weighted by atomic mass is 10.3. The summed E-state index contributed by atoms with van der Waals surface area (Å²) in [7, 11) is 0. The molecule has 9 heteroatoms. The molecule has 3 aromatic rings. The van der Waals surface area contributed by atoms with Gasteiger partial charge in [0.25, 0.3) is 0 Å². The maximum Gasteiger partial charge on any atom is 0.420 e. The minimum atomic E-state index is -0.701. The molecule has 2 N–H and O–H groups in total. The van der Waals surface area contributed by atoms with E-state index < -0.39 is 23.4 Å². The third-order valence-electron chi connectivity index (χ3n) is 3.51. The van der Waals surface area contributed by atoms with Crippen molar-refractivity contribution in [3.05, 3.63) is 63.9 Å². The van der Waals surface area contributed by atoms with Gasteiger partial charge in [-0.15, -0.1) is 0 Å². The van der Waals surface area contributed by atoms with Crippen LogP contribution in [0.4, 0.5) is 10.1 Å². The Kier molecular flexibility index (Phi) is 5.04. The van der Waals surface area contributed by atoms with E-state index in [1.807, 2.05) is 0 Å². The molecule has 0 saturated heterocycles. The number of hydrogen-bond donors (Lipinski definition) is 2. The monoisotopic (exact) mass is 377 g/mol. The van der Waals surface area contributed by atoms with Crippen LogP contribution in [0.1, 0.15) is 0 Å². The fraction of sp³-hybridized carbons (Fsp3) is 0.118. The normalized spacial score (nSPS) is 10.7. The zero-order chi connectivity index (χ0) is 18.7. The molecule has 0 spiro atoms. The van der Waals surface area contributed by atoms with Crippen molar-refractivity contribution in [1.82, 2.24) is 9.88 Å². The highest BCUT2D eigenvalue weighted by atomic mass is 35.5. The molecule has 2 amide bonds. The molecule has 134 valence electrons. The van der Waals surface area contributed by atoms with Crippen LogP contribution in [-0.2, 0) is 16.1 Å². The lowest BCUT2D eigenvalue weighted by Crippen LogP contribution is -2.36. The molecule has 0 aliphatic rings. The van der Waals surface area contributed by atoms with Crippen molar-refractivity contribution in [2.24, 2.45) is 0 Å². The van der Waals surface area contributed by atoms with Crippen molar-refractivity contribution in [1.29, 1.82) is 0 Å². The maximum atomic E-state index is 12.8. The average Bonchev–Trinajstić information content (AvgIpc) is 2.90. The SMILES string of the molecule is O=C(Cn1c(=O)oc2cc(Cl)ccc21)NCC(=O)Nc1ccc(F)cc1. The van der Waals surface area contributed by atoms with Crippen LogP contribution in [0.15, 0.2) is 51.7 Å². The Morgan fingerprint density at radius 2 is 1.85 bits per heavy atom. The van der Waals surface area contributed by atoms with Crippen LogP contribution in [0.25, 0.3) is 11.1 Å². The Morgan fingerprint density at radius 1 is 1.12 bits per heavy atom. The number of nitrogens with zero attached hydrogens (tertiary/aromatic N) is 1. The second-order valence-electron chi connectivity index (χ2n) is 5.40. The van der Waals surface area contributed by atoms with Crippen molar-refractivity contribution in [2.45, 2.75) is 6.54 Å². The zero-order valence-corrected chi connectivity index (χ0v) is 14.0. The molecule has 2 aromatic carbocycles. The molecule has 0 radical (unpaired) electrons. The van der Waals surface area contributed by atoms with E-state index >= 15 is 0 Å². The van der Waals surface area contributed by atoms with E-state index in [0.29, 0.717) is 16.2 Å². The Morgan fingerprint density at radius 3 is 2.58 bits per heavy atom. The predicted octanol–water partition coefficient (Wildman–Crippen LogP) is 2.14. The van der Waals surface area contributed by atoms with Gasteiger partial charge in [-0.1, -0.05) is 11.6 Å². The Labute approximate surface area is 151 Å². The first kappa shape index (κ1) is 17.7. The van der Waals surface area contributed by atoms with Crippen molar-refractivity contribution in [3.8, 4) is 0 Å². The summed E-state index contributed by atoms with van der Waals surface area (Å²) in [6, 6.07) is 9.83. The summed E-state index contributed by atoms with van der Waals surface area (Å²) in [5.74, 6) is -2.15. The summed E-state index contributed by atoms with van der Waals surface area (Å²) >= 11 is 5.83. The first-order valence-corrected chi connectivity index (χ1v) is 7.91. The molecule has 26 heavy (non-hydrogen) atoms. The number of benzene rings is 2. The van der Waals surface area contributed by atoms with E-state index in [-0.39, 0.29) is 18.7 Å². The quantitative estimate of drug-likeness (QED) is 0.712. The highest BCUT2D eigenvalue weighted by Gasteiger charge is 2.14. The molecule has 0 bridgehead atoms. The molecule has 0 fully saturated rings. The third kappa shape index (κ3) is 4.09. The van der Waals surface area contributed by atoms with Crippen LogP contribution >= 0.6 is 11.6 Å². The first-order valence-electron chi connectivity index (χ1n) is 7.53. The number of carbonyl (C=O) groups is 2. The van der Waals surface area contributed by atoms with Crippen LogP contribution < -0.4 is 16.4 Å². The molecule has 1 heterocycles. The standard InChI is InChI=1S/C17H13ClFN3O4/c18-10-1-6-13-14(7-10)26-17(25)22(13)9-16(24)20-8-15(23)21-12-4-2-11(19)3-5-12/h1-7H,8-9H2,(H,20,24)(H,21,23). The molecule has 0 aliphatic heterocycles. The molecule has 0 aliphatic carbocycles. The van der Waals surface area contributed by atoms with Gasteiger partial charge in [0.1, 0.15) is 12.4 Å². The fourth-order valence-corrected chi connectivity index (χ4v) is 2.47. The van der Waals surface area contributed by atoms with E-state index in [0.717, 1.165) is 4.57 Å². The van der Waals surface area contributed by atoms with Crippen LogP contribution in [0.2, 0.25) is 5.02 Å². The number of hydrogen-bond acceptors (Lipinski definition) is 4. The van der Waals surface area contributed by atoms with Gasteiger partial charge in [0.2, 0.25) is 11.8 Å². The number of fused-ring (bicyclic) bond motifs is 1. The highest BCUT2D eigenvalue weighted by Crippen LogP contribution is 2.18. The molecule has 0 atom stereocenters. The largest absolute Gasteiger partial charge is 0.420 e. The van der Waals surface area contributed by atoms with Gasteiger partial charge in [-0.3, -0.25) is 14.2 Å². The van der Waals surface area contributed by atoms with Gasteiger partial charge >= 0.3 is 5.76 Å². The minimum absolute atomic E-state index is 0.268. The number of nitrogens with one attached hydrogen (secondary N) is 2. The molecule has 3 rings (SSSR count). The molecular weight excluding hydrogens is 365 g/mol. The lowest BCUT2D eigenvalue weighted by molar-refractivity contribution is -0.124. The first-order chi connectivity index (χ1) is 12.4. The lowest BCUT2D eigenvalue weighted by Gasteiger charge is -2.07. The van der Waals surface area contributed by atoms with Crippen LogP contribution in [0.5, 0.6) is 0 Å². The van der Waals surface area contributed by atoms with Gasteiger partial charge in [0, 0.05) is 16.8 Å². The van der Waals surface area contributed by atoms with Gasteiger partial charge < -0.3 is 15.1 Å². The second kappa shape index (κ2) is 7.40. The predicted molar refractivity (Wildman–Crippen MR) is 93.5 cm³/mol. The summed E-state index contributed by atoms with van der Waals surface area (Å²) in [6.07, 6.45) is 0. The molecule has 7 nitrogen and oxygen atoms in total. The molecular formula is C17H13ClFN3O4. The van der Waals surface area contributed by atoms with E-state index in [1.54, 1.807) is 12.1 Å². The number of halogens is 2. The van der Waals surface area contributed by atoms with Gasteiger partial charge in [0.05, 0.1) is 12.1 Å². The fourth-order valence-electron chi connectivity index (χ4n) is 2.31. The van der Waals surface area contributed by atoms with E-state index in [2.05, 4.69) is 10.6 Å². The van der Waals surface area contributed by atoms with Crippen LogP contribution in [0.3, 0.4) is 0 Å². The smallest absolute Gasteiger partial charge is 0.408 e. The molecule has 0 saturated carbocycles. The van der Waals surface area contributed by atoms with E-state index in [9.17, 15) is 18.8 Å². The summed E-state index contributed by atoms with van der Waals surface area (Å²) in [5, 5.41) is 5.31. The summed E-state index contributed by atoms with van der Waals surface area (Å²) < 4.78 is 19.0. The van der Waals surface area contributed by atoms with Crippen molar-refractivity contribution < 1.29 is 18.4 Å². The van der Waals surface area contributed by atoms with Crippen molar-refractivity contribution >= 4 is 40.2 Å². The molecule has 1 aromatic heterocycles. The van der Waals surface area contributed by atoms with Crippen molar-refractivity contribution in [3.63, 3.8) is 0 Å². The van der Waals surface area contributed by atoms with Gasteiger partial charge in [0.15, 0.2) is 5.58 Å². The second-order valence-corrected chi connectivity index (χ2v) is 5.83. The average molecular weight is 378 g/mol.